The zero-order valence-corrected chi connectivity index (χ0v) is 21.1. The number of aryl methyl sites for hydroxylation is 1. The third kappa shape index (κ3) is 4.26. The molecule has 0 bridgehead atoms. The molecule has 1 aliphatic heterocycles. The van der Waals surface area contributed by atoms with Gasteiger partial charge in [-0.15, -0.1) is 11.3 Å². The van der Waals surface area contributed by atoms with Crippen molar-refractivity contribution in [3.8, 4) is 0 Å². The van der Waals surface area contributed by atoms with Crippen molar-refractivity contribution in [2.24, 2.45) is 0 Å². The highest BCUT2D eigenvalue weighted by Gasteiger charge is 2.37. The molecular weight excluding hydrogens is 448 g/mol. The van der Waals surface area contributed by atoms with Gasteiger partial charge in [-0.05, 0) is 39.0 Å². The topological polar surface area (TPSA) is 103 Å². The highest BCUT2D eigenvalue weighted by atomic mass is 32.1. The summed E-state index contributed by atoms with van der Waals surface area (Å²) in [5.41, 5.74) is 3.28. The number of carbonyl (C=O) groups excluding carboxylic acids is 1. The minimum absolute atomic E-state index is 0.0165. The van der Waals surface area contributed by atoms with Crippen LogP contribution in [0.2, 0.25) is 0 Å². The molecule has 1 amide bonds. The van der Waals surface area contributed by atoms with Crippen LogP contribution in [0.25, 0.3) is 0 Å². The lowest BCUT2D eigenvalue weighted by atomic mass is 9.92. The minimum atomic E-state index is -0.283. The molecule has 2 N–H and O–H groups in total. The van der Waals surface area contributed by atoms with Crippen molar-refractivity contribution in [2.75, 3.05) is 28.2 Å². The number of carbonyl (C=O) groups is 1. The van der Waals surface area contributed by atoms with Crippen LogP contribution in [-0.4, -0.2) is 50.2 Å². The summed E-state index contributed by atoms with van der Waals surface area (Å²) < 4.78 is 0. The van der Waals surface area contributed by atoms with Gasteiger partial charge in [0.05, 0.1) is 5.69 Å². The van der Waals surface area contributed by atoms with E-state index in [0.717, 1.165) is 72.4 Å². The quantitative estimate of drug-likeness (QED) is 0.545. The van der Waals surface area contributed by atoms with Gasteiger partial charge in [-0.2, -0.15) is 10.1 Å². The Morgan fingerprint density at radius 1 is 1.29 bits per heavy atom. The number of thiazole rings is 1. The maximum atomic E-state index is 13.5. The number of hydrogen-bond donors (Lipinski definition) is 2. The number of H-pyrrole nitrogens is 1. The van der Waals surface area contributed by atoms with E-state index in [0.29, 0.717) is 12.5 Å². The summed E-state index contributed by atoms with van der Waals surface area (Å²) in [5, 5.41) is 13.7. The summed E-state index contributed by atoms with van der Waals surface area (Å²) in [5.74, 6) is 2.24. The fraction of sp³-hybridized carbons (Fsp3) is 0.542. The number of aromatic nitrogens is 5. The molecule has 5 rings (SSSR count). The summed E-state index contributed by atoms with van der Waals surface area (Å²) in [7, 11) is 0. The van der Waals surface area contributed by atoms with E-state index in [9.17, 15) is 4.79 Å². The van der Waals surface area contributed by atoms with Gasteiger partial charge >= 0.3 is 0 Å². The summed E-state index contributed by atoms with van der Waals surface area (Å²) in [6, 6.07) is 1.76. The van der Waals surface area contributed by atoms with Gasteiger partial charge in [0.2, 0.25) is 5.95 Å². The largest absolute Gasteiger partial charge is 0.329 e. The van der Waals surface area contributed by atoms with Crippen molar-refractivity contribution in [1.29, 1.82) is 0 Å². The Hall–Kier alpha value is -3.01. The molecule has 1 fully saturated rings. The normalized spacial score (nSPS) is 17.8. The fourth-order valence-corrected chi connectivity index (χ4v) is 5.43. The number of nitrogens with zero attached hydrogens (tertiary/aromatic N) is 6. The van der Waals surface area contributed by atoms with E-state index in [1.54, 1.807) is 11.1 Å². The first-order valence-corrected chi connectivity index (χ1v) is 12.9. The van der Waals surface area contributed by atoms with Gasteiger partial charge in [-0.3, -0.25) is 14.8 Å². The Kier molecular flexibility index (Phi) is 6.01. The number of fused-ring (bicyclic) bond motifs is 1. The van der Waals surface area contributed by atoms with Crippen LogP contribution in [0.15, 0.2) is 17.6 Å². The third-order valence-electron chi connectivity index (χ3n) is 6.58. The van der Waals surface area contributed by atoms with E-state index < -0.39 is 0 Å². The number of aromatic amines is 1. The Morgan fingerprint density at radius 2 is 2.15 bits per heavy atom. The SMILES string of the molecule is CCN(C(=O)C1CCCN1c1nc2c(c(Nc3cc(C(C)(C)C)[nH]n3)n1)CCC2)c1nccs1. The zero-order valence-electron chi connectivity index (χ0n) is 20.3. The molecule has 2 aliphatic rings. The van der Waals surface area contributed by atoms with Crippen molar-refractivity contribution in [1.82, 2.24) is 25.1 Å². The third-order valence-corrected chi connectivity index (χ3v) is 7.38. The van der Waals surface area contributed by atoms with Crippen LogP contribution in [0.3, 0.4) is 0 Å². The molecule has 1 aliphatic carbocycles. The monoisotopic (exact) mass is 480 g/mol. The van der Waals surface area contributed by atoms with Gasteiger partial charge in [0.1, 0.15) is 11.9 Å². The Bertz CT molecular complexity index is 1170. The van der Waals surface area contributed by atoms with Crippen molar-refractivity contribution in [2.45, 2.75) is 71.3 Å². The molecule has 3 aromatic heterocycles. The molecule has 34 heavy (non-hydrogen) atoms. The van der Waals surface area contributed by atoms with Gasteiger partial charge in [-0.1, -0.05) is 20.8 Å². The molecule has 0 spiro atoms. The van der Waals surface area contributed by atoms with Crippen molar-refractivity contribution in [3.05, 3.63) is 34.6 Å². The minimum Gasteiger partial charge on any atom is -0.329 e. The second-order valence-corrected chi connectivity index (χ2v) is 10.8. The van der Waals surface area contributed by atoms with Crippen LogP contribution in [0.4, 0.5) is 22.7 Å². The Labute approximate surface area is 204 Å². The zero-order chi connectivity index (χ0) is 23.9. The van der Waals surface area contributed by atoms with Gasteiger partial charge in [0, 0.05) is 47.4 Å². The number of nitrogens with one attached hydrogen (secondary N) is 2. The second-order valence-electron chi connectivity index (χ2n) is 9.94. The van der Waals surface area contributed by atoms with Crippen LogP contribution >= 0.6 is 11.3 Å². The molecule has 10 heteroatoms. The van der Waals surface area contributed by atoms with Gasteiger partial charge in [0.25, 0.3) is 5.91 Å². The molecule has 1 atom stereocenters. The van der Waals surface area contributed by atoms with Crippen molar-refractivity contribution < 1.29 is 4.79 Å². The number of anilines is 4. The maximum absolute atomic E-state index is 13.5. The van der Waals surface area contributed by atoms with Crippen LogP contribution < -0.4 is 15.1 Å². The molecule has 180 valence electrons. The molecule has 1 saturated heterocycles. The standard InChI is InChI=1S/C24H32N8OS/c1-5-31(23-25-11-13-34-23)21(33)17-10-7-12-32(17)22-26-16-9-6-8-15(16)20(28-22)27-19-14-18(29-30-19)24(2,3)4/h11,13-14,17H,5-10,12H2,1-4H3,(H2,26,27,28,29,30). The van der Waals surface area contributed by atoms with E-state index in [1.807, 2.05) is 18.4 Å². The smallest absolute Gasteiger partial charge is 0.251 e. The Balaban J connectivity index is 1.44. The molecular formula is C24H32N8OS. The van der Waals surface area contributed by atoms with Crippen LogP contribution in [-0.2, 0) is 23.1 Å². The van der Waals surface area contributed by atoms with Crippen LogP contribution in [0, 0.1) is 0 Å². The molecule has 0 saturated carbocycles. The molecule has 0 radical (unpaired) electrons. The van der Waals surface area contributed by atoms with E-state index in [-0.39, 0.29) is 17.4 Å². The van der Waals surface area contributed by atoms with Crippen LogP contribution in [0.5, 0.6) is 0 Å². The van der Waals surface area contributed by atoms with E-state index in [2.05, 4.69) is 46.2 Å². The number of amides is 1. The highest BCUT2D eigenvalue weighted by molar-refractivity contribution is 7.13. The van der Waals surface area contributed by atoms with Crippen LogP contribution in [0.1, 0.15) is 63.9 Å². The molecule has 1 unspecified atom stereocenters. The lowest BCUT2D eigenvalue weighted by molar-refractivity contribution is -0.119. The molecule has 9 nitrogen and oxygen atoms in total. The predicted molar refractivity (Wildman–Crippen MR) is 135 cm³/mol. The number of hydrogen-bond acceptors (Lipinski definition) is 8. The summed E-state index contributed by atoms with van der Waals surface area (Å²) in [6.45, 7) is 9.80. The van der Waals surface area contributed by atoms with E-state index in [1.165, 1.54) is 11.3 Å². The molecule has 3 aromatic rings. The highest BCUT2D eigenvalue weighted by Crippen LogP contribution is 2.34. The summed E-state index contributed by atoms with van der Waals surface area (Å²) in [6.07, 6.45) is 6.40. The predicted octanol–water partition coefficient (Wildman–Crippen LogP) is 4.21. The molecule has 4 heterocycles. The van der Waals surface area contributed by atoms with E-state index in [4.69, 9.17) is 9.97 Å². The first kappa shape index (κ1) is 22.8. The lowest BCUT2D eigenvalue weighted by Crippen LogP contribution is -2.46. The average Bonchev–Trinajstić information content (AvgIpc) is 3.60. The number of likely N-dealkylation sites (N-methyl/N-ethyl adjacent to an activating group) is 1. The second kappa shape index (κ2) is 8.98. The first-order chi connectivity index (χ1) is 16.3. The maximum Gasteiger partial charge on any atom is 0.251 e. The van der Waals surface area contributed by atoms with E-state index >= 15 is 0 Å². The van der Waals surface area contributed by atoms with Gasteiger partial charge in [-0.25, -0.2) is 9.97 Å². The van der Waals surface area contributed by atoms with Gasteiger partial charge < -0.3 is 10.2 Å². The van der Waals surface area contributed by atoms with Crippen molar-refractivity contribution in [3.63, 3.8) is 0 Å². The molecule has 0 aromatic carbocycles. The van der Waals surface area contributed by atoms with Crippen molar-refractivity contribution >= 4 is 40.0 Å². The summed E-state index contributed by atoms with van der Waals surface area (Å²) >= 11 is 1.49. The Morgan fingerprint density at radius 3 is 2.85 bits per heavy atom. The number of rotatable bonds is 6. The lowest BCUT2D eigenvalue weighted by Gasteiger charge is -2.29. The summed E-state index contributed by atoms with van der Waals surface area (Å²) in [4.78, 5) is 31.6. The average molecular weight is 481 g/mol. The fourth-order valence-electron chi connectivity index (χ4n) is 4.72. The van der Waals surface area contributed by atoms with Gasteiger partial charge in [0.15, 0.2) is 10.9 Å². The first-order valence-electron chi connectivity index (χ1n) is 12.1.